The monoisotopic (exact) mass is 279 g/mol. The summed E-state index contributed by atoms with van der Waals surface area (Å²) in [6.07, 6.45) is 1.07. The van der Waals surface area contributed by atoms with Gasteiger partial charge in [0.05, 0.1) is 4.92 Å². The van der Waals surface area contributed by atoms with Gasteiger partial charge in [-0.25, -0.2) is 0 Å². The van der Waals surface area contributed by atoms with E-state index in [4.69, 9.17) is 0 Å². The van der Waals surface area contributed by atoms with Crippen molar-refractivity contribution in [2.24, 2.45) is 5.92 Å². The number of para-hydroxylation sites is 1. The highest BCUT2D eigenvalue weighted by Gasteiger charge is 2.23. The number of nitro benzene ring substituents is 1. The number of benzene rings is 1. The molecule has 1 atom stereocenters. The number of hydrogen-bond donors (Lipinski definition) is 1. The fraction of sp³-hybridized carbons (Fsp3) is 0.600. The molecular weight excluding hydrogens is 254 g/mol. The van der Waals surface area contributed by atoms with Crippen molar-refractivity contribution < 1.29 is 4.92 Å². The van der Waals surface area contributed by atoms with Gasteiger partial charge in [0.2, 0.25) is 0 Å². The van der Waals surface area contributed by atoms with Crippen molar-refractivity contribution in [3.63, 3.8) is 0 Å². The normalized spacial score (nSPS) is 12.0. The zero-order valence-corrected chi connectivity index (χ0v) is 12.8. The van der Waals surface area contributed by atoms with Crippen LogP contribution in [0.4, 0.5) is 17.1 Å². The first-order valence-electron chi connectivity index (χ1n) is 7.31. The zero-order valence-electron chi connectivity index (χ0n) is 12.8. The van der Waals surface area contributed by atoms with E-state index in [-0.39, 0.29) is 10.6 Å². The highest BCUT2D eigenvalue weighted by atomic mass is 16.6. The molecule has 0 heterocycles. The Morgan fingerprint density at radius 3 is 2.55 bits per heavy atom. The Balaban J connectivity index is 3.20. The summed E-state index contributed by atoms with van der Waals surface area (Å²) < 4.78 is 0. The fourth-order valence-electron chi connectivity index (χ4n) is 2.21. The van der Waals surface area contributed by atoms with Gasteiger partial charge in [-0.05, 0) is 31.9 Å². The highest BCUT2D eigenvalue weighted by molar-refractivity contribution is 5.77. The molecule has 0 aliphatic carbocycles. The summed E-state index contributed by atoms with van der Waals surface area (Å²) in [7, 11) is 0. The molecule has 112 valence electrons. The standard InChI is InChI=1S/C15H25N3O2/c1-5-12(4)11-17(7-3)14-10-8-9-13(16-6-2)15(14)18(19)20/h8-10,12,16H,5-7,11H2,1-4H3. The van der Waals surface area contributed by atoms with Crippen molar-refractivity contribution in [3.8, 4) is 0 Å². The first kappa shape index (κ1) is 16.3. The number of nitrogens with one attached hydrogen (secondary N) is 1. The van der Waals surface area contributed by atoms with Crippen LogP contribution < -0.4 is 10.2 Å². The highest BCUT2D eigenvalue weighted by Crippen LogP contribution is 2.35. The van der Waals surface area contributed by atoms with Gasteiger partial charge in [0, 0.05) is 19.6 Å². The third-order valence-electron chi connectivity index (χ3n) is 3.52. The first-order chi connectivity index (χ1) is 9.54. The maximum Gasteiger partial charge on any atom is 0.315 e. The van der Waals surface area contributed by atoms with E-state index in [9.17, 15) is 10.1 Å². The van der Waals surface area contributed by atoms with Gasteiger partial charge >= 0.3 is 5.69 Å². The van der Waals surface area contributed by atoms with Crippen LogP contribution in [0, 0.1) is 16.0 Å². The molecule has 1 rings (SSSR count). The maximum atomic E-state index is 11.4. The molecule has 0 saturated carbocycles. The van der Waals surface area contributed by atoms with Crippen LogP contribution in [0.15, 0.2) is 18.2 Å². The molecule has 1 aromatic carbocycles. The summed E-state index contributed by atoms with van der Waals surface area (Å²) in [6, 6.07) is 5.48. The molecule has 0 bridgehead atoms. The summed E-state index contributed by atoms with van der Waals surface area (Å²) in [5, 5.41) is 14.5. The van der Waals surface area contributed by atoms with Crippen molar-refractivity contribution >= 4 is 17.1 Å². The van der Waals surface area contributed by atoms with Gasteiger partial charge in [0.15, 0.2) is 0 Å². The number of rotatable bonds is 8. The molecule has 1 aromatic rings. The SMILES string of the molecule is CCNc1cccc(N(CC)CC(C)CC)c1[N+](=O)[O-]. The first-order valence-corrected chi connectivity index (χ1v) is 7.31. The van der Waals surface area contributed by atoms with E-state index in [0.29, 0.717) is 23.8 Å². The summed E-state index contributed by atoms with van der Waals surface area (Å²) in [4.78, 5) is 13.2. The quantitative estimate of drug-likeness (QED) is 0.579. The van der Waals surface area contributed by atoms with E-state index in [1.807, 2.05) is 26.0 Å². The second-order valence-electron chi connectivity index (χ2n) is 5.01. The second-order valence-corrected chi connectivity index (χ2v) is 5.01. The van der Waals surface area contributed by atoms with E-state index in [0.717, 1.165) is 19.5 Å². The number of nitrogens with zero attached hydrogens (tertiary/aromatic N) is 2. The van der Waals surface area contributed by atoms with Gasteiger partial charge in [-0.2, -0.15) is 0 Å². The molecule has 0 saturated heterocycles. The fourth-order valence-corrected chi connectivity index (χ4v) is 2.21. The summed E-state index contributed by atoms with van der Waals surface area (Å²) in [5.41, 5.74) is 1.48. The van der Waals surface area contributed by atoms with E-state index in [2.05, 4.69) is 24.1 Å². The zero-order chi connectivity index (χ0) is 15.1. The molecule has 0 aliphatic heterocycles. The van der Waals surface area contributed by atoms with E-state index in [1.165, 1.54) is 0 Å². The van der Waals surface area contributed by atoms with Crippen LogP contribution in [0.25, 0.3) is 0 Å². The summed E-state index contributed by atoms with van der Waals surface area (Å²) >= 11 is 0. The molecule has 0 spiro atoms. The Kier molecular flexibility index (Phi) is 6.28. The predicted octanol–water partition coefficient (Wildman–Crippen LogP) is 3.90. The predicted molar refractivity (Wildman–Crippen MR) is 84.6 cm³/mol. The van der Waals surface area contributed by atoms with E-state index < -0.39 is 0 Å². The molecular formula is C15H25N3O2. The molecule has 0 fully saturated rings. The minimum atomic E-state index is -0.285. The minimum Gasteiger partial charge on any atom is -0.380 e. The smallest absolute Gasteiger partial charge is 0.315 e. The second kappa shape index (κ2) is 7.72. The lowest BCUT2D eigenvalue weighted by Gasteiger charge is -2.26. The topological polar surface area (TPSA) is 58.4 Å². The van der Waals surface area contributed by atoms with Crippen molar-refractivity contribution in [2.45, 2.75) is 34.1 Å². The lowest BCUT2D eigenvalue weighted by Crippen LogP contribution is -2.28. The molecule has 0 amide bonds. The largest absolute Gasteiger partial charge is 0.380 e. The molecule has 1 unspecified atom stereocenters. The van der Waals surface area contributed by atoms with Crippen LogP contribution in [-0.2, 0) is 0 Å². The number of anilines is 2. The molecule has 0 radical (unpaired) electrons. The van der Waals surface area contributed by atoms with Crippen LogP contribution in [0.3, 0.4) is 0 Å². The van der Waals surface area contributed by atoms with Crippen molar-refractivity contribution in [1.29, 1.82) is 0 Å². The van der Waals surface area contributed by atoms with Crippen molar-refractivity contribution in [1.82, 2.24) is 0 Å². The van der Waals surface area contributed by atoms with Gasteiger partial charge < -0.3 is 10.2 Å². The number of hydrogen-bond acceptors (Lipinski definition) is 4. The molecule has 20 heavy (non-hydrogen) atoms. The van der Waals surface area contributed by atoms with Crippen LogP contribution >= 0.6 is 0 Å². The van der Waals surface area contributed by atoms with Crippen LogP contribution in [0.2, 0.25) is 0 Å². The average Bonchev–Trinajstić information content (AvgIpc) is 2.44. The van der Waals surface area contributed by atoms with Gasteiger partial charge in [-0.3, -0.25) is 10.1 Å². The Morgan fingerprint density at radius 1 is 1.35 bits per heavy atom. The van der Waals surface area contributed by atoms with Gasteiger partial charge in [0.1, 0.15) is 11.4 Å². The lowest BCUT2D eigenvalue weighted by molar-refractivity contribution is -0.383. The average molecular weight is 279 g/mol. The van der Waals surface area contributed by atoms with Crippen LogP contribution in [-0.4, -0.2) is 24.6 Å². The van der Waals surface area contributed by atoms with Crippen molar-refractivity contribution in [3.05, 3.63) is 28.3 Å². The Bertz CT molecular complexity index is 449. The van der Waals surface area contributed by atoms with E-state index >= 15 is 0 Å². The summed E-state index contributed by atoms with van der Waals surface area (Å²) in [6.45, 7) is 10.6. The van der Waals surface area contributed by atoms with Crippen LogP contribution in [0.1, 0.15) is 34.1 Å². The summed E-state index contributed by atoms with van der Waals surface area (Å²) in [5.74, 6) is 0.511. The van der Waals surface area contributed by atoms with Gasteiger partial charge in [0.25, 0.3) is 0 Å². The molecule has 1 N–H and O–H groups in total. The van der Waals surface area contributed by atoms with Gasteiger partial charge in [-0.1, -0.05) is 26.3 Å². The van der Waals surface area contributed by atoms with E-state index in [1.54, 1.807) is 6.07 Å². The van der Waals surface area contributed by atoms with Gasteiger partial charge in [-0.15, -0.1) is 0 Å². The molecule has 0 aromatic heterocycles. The third-order valence-corrected chi connectivity index (χ3v) is 3.52. The number of nitro groups is 1. The van der Waals surface area contributed by atoms with Crippen molar-refractivity contribution in [2.75, 3.05) is 29.9 Å². The van der Waals surface area contributed by atoms with Crippen LogP contribution in [0.5, 0.6) is 0 Å². The Hall–Kier alpha value is -1.78. The Morgan fingerprint density at radius 2 is 2.05 bits per heavy atom. The maximum absolute atomic E-state index is 11.4. The molecule has 5 nitrogen and oxygen atoms in total. The molecule has 0 aliphatic rings. The Labute approximate surface area is 121 Å². The third kappa shape index (κ3) is 3.85. The molecule has 5 heteroatoms. The minimum absolute atomic E-state index is 0.180. The lowest BCUT2D eigenvalue weighted by atomic mass is 10.1.